The molecule has 1 unspecified atom stereocenters. The van der Waals surface area contributed by atoms with Crippen molar-refractivity contribution in [1.29, 1.82) is 0 Å². The first-order valence-electron chi connectivity index (χ1n) is 3.92. The number of nitrogen functional groups attached to an aromatic ring is 1. The molecule has 0 heterocycles. The van der Waals surface area contributed by atoms with Gasteiger partial charge in [0.2, 0.25) is 0 Å². The largest absolute Gasteiger partial charge is 0.480 e. The van der Waals surface area contributed by atoms with Crippen LogP contribution in [0.5, 0.6) is 0 Å². The zero-order chi connectivity index (χ0) is 9.84. The van der Waals surface area contributed by atoms with Gasteiger partial charge in [0, 0.05) is 5.69 Å². The Morgan fingerprint density at radius 3 is 2.29 bits per heavy atom. The number of rotatable bonds is 3. The molecule has 4 nitrogen and oxygen atoms in total. The summed E-state index contributed by atoms with van der Waals surface area (Å²) in [6.07, 6.45) is 0.329. The van der Waals surface area contributed by atoms with Crippen LogP contribution in [0.1, 0.15) is 5.56 Å². The maximum absolute atomic E-state index is 10.4. The first kappa shape index (κ1) is 12.7. The van der Waals surface area contributed by atoms with Gasteiger partial charge in [0.05, 0.1) is 0 Å². The highest BCUT2D eigenvalue weighted by Gasteiger charge is 2.11. The van der Waals surface area contributed by atoms with Crippen LogP contribution in [-0.4, -0.2) is 17.1 Å². The van der Waals surface area contributed by atoms with Gasteiger partial charge in [-0.05, 0) is 24.1 Å². The number of hydrogen-bond donors (Lipinski definition) is 3. The van der Waals surface area contributed by atoms with Gasteiger partial charge < -0.3 is 16.6 Å². The maximum Gasteiger partial charge on any atom is 0.320 e. The van der Waals surface area contributed by atoms with E-state index in [-0.39, 0.29) is 12.4 Å². The molecule has 0 saturated heterocycles. The van der Waals surface area contributed by atoms with Crippen molar-refractivity contribution in [3.63, 3.8) is 0 Å². The molecule has 0 aliphatic carbocycles. The van der Waals surface area contributed by atoms with Crippen molar-refractivity contribution < 1.29 is 9.90 Å². The zero-order valence-corrected chi connectivity index (χ0v) is 8.33. The van der Waals surface area contributed by atoms with Gasteiger partial charge in [0.25, 0.3) is 0 Å². The van der Waals surface area contributed by atoms with Gasteiger partial charge in [0.15, 0.2) is 0 Å². The number of carboxylic acids is 1. The van der Waals surface area contributed by atoms with Crippen LogP contribution in [0.4, 0.5) is 5.69 Å². The van der Waals surface area contributed by atoms with E-state index in [0.717, 1.165) is 5.56 Å². The topological polar surface area (TPSA) is 89.3 Å². The molecule has 0 aromatic heterocycles. The molecule has 0 fully saturated rings. The Morgan fingerprint density at radius 2 is 1.86 bits per heavy atom. The molecule has 1 aromatic rings. The summed E-state index contributed by atoms with van der Waals surface area (Å²) < 4.78 is 0. The maximum atomic E-state index is 10.4. The normalized spacial score (nSPS) is 11.5. The lowest BCUT2D eigenvalue weighted by molar-refractivity contribution is -0.138. The minimum Gasteiger partial charge on any atom is -0.480 e. The Kier molecular flexibility index (Phi) is 4.97. The van der Waals surface area contributed by atoms with E-state index < -0.39 is 12.0 Å². The lowest BCUT2D eigenvalue weighted by atomic mass is 10.1. The fraction of sp³-hybridized carbons (Fsp3) is 0.222. The Balaban J connectivity index is 0.00000169. The van der Waals surface area contributed by atoms with Crippen molar-refractivity contribution in [3.05, 3.63) is 29.8 Å². The van der Waals surface area contributed by atoms with Crippen molar-refractivity contribution in [2.75, 3.05) is 5.73 Å². The second-order valence-corrected chi connectivity index (χ2v) is 2.89. The minimum atomic E-state index is -0.989. The molecule has 0 radical (unpaired) electrons. The van der Waals surface area contributed by atoms with Gasteiger partial charge in [-0.1, -0.05) is 12.1 Å². The molecule has 14 heavy (non-hydrogen) atoms. The van der Waals surface area contributed by atoms with Gasteiger partial charge in [-0.3, -0.25) is 4.79 Å². The molecule has 1 rings (SSSR count). The third-order valence-corrected chi connectivity index (χ3v) is 1.75. The molecule has 78 valence electrons. The van der Waals surface area contributed by atoms with Gasteiger partial charge in [-0.2, -0.15) is 0 Å². The lowest BCUT2D eigenvalue weighted by Gasteiger charge is -2.05. The van der Waals surface area contributed by atoms with Crippen LogP contribution in [0.2, 0.25) is 0 Å². The third-order valence-electron chi connectivity index (χ3n) is 1.75. The lowest BCUT2D eigenvalue weighted by Crippen LogP contribution is -2.32. The van der Waals surface area contributed by atoms with Crippen LogP contribution in [0.25, 0.3) is 0 Å². The molecule has 0 aliphatic heterocycles. The van der Waals surface area contributed by atoms with E-state index in [1.54, 1.807) is 24.3 Å². The summed E-state index contributed by atoms with van der Waals surface area (Å²) in [5.74, 6) is -0.989. The Morgan fingerprint density at radius 1 is 1.36 bits per heavy atom. The highest BCUT2D eigenvalue weighted by Crippen LogP contribution is 2.07. The number of anilines is 1. The number of carboxylic acid groups (broad SMARTS) is 1. The number of benzene rings is 1. The molecule has 0 spiro atoms. The fourth-order valence-electron chi connectivity index (χ4n) is 0.995. The van der Waals surface area contributed by atoms with E-state index in [2.05, 4.69) is 0 Å². The van der Waals surface area contributed by atoms with Crippen molar-refractivity contribution in [2.45, 2.75) is 12.5 Å². The van der Waals surface area contributed by atoms with Crippen molar-refractivity contribution in [2.24, 2.45) is 5.73 Å². The average Bonchev–Trinajstić information content (AvgIpc) is 2.08. The number of carbonyl (C=O) groups is 1. The monoisotopic (exact) mass is 216 g/mol. The van der Waals surface area contributed by atoms with Gasteiger partial charge >= 0.3 is 5.97 Å². The molecular formula is C9H13ClN2O2. The summed E-state index contributed by atoms with van der Waals surface area (Å²) in [7, 11) is 0. The quantitative estimate of drug-likeness (QED) is 0.647. The first-order valence-corrected chi connectivity index (χ1v) is 3.92. The summed E-state index contributed by atoms with van der Waals surface area (Å²) >= 11 is 0. The average molecular weight is 217 g/mol. The Hall–Kier alpha value is -1.26. The number of halogens is 1. The standard InChI is InChI=1S/C9H12N2O2.ClH/c10-7-3-1-6(2-4-7)5-8(11)9(12)13;/h1-4,8H,5,10-11H2,(H,12,13);1H. The smallest absolute Gasteiger partial charge is 0.320 e. The summed E-state index contributed by atoms with van der Waals surface area (Å²) in [5, 5.41) is 8.55. The summed E-state index contributed by atoms with van der Waals surface area (Å²) in [5.41, 5.74) is 12.4. The van der Waals surface area contributed by atoms with Crippen molar-refractivity contribution >= 4 is 24.1 Å². The van der Waals surface area contributed by atoms with E-state index in [0.29, 0.717) is 12.1 Å². The van der Waals surface area contributed by atoms with E-state index in [1.165, 1.54) is 0 Å². The molecule has 0 bridgehead atoms. The van der Waals surface area contributed by atoms with Gasteiger partial charge in [-0.15, -0.1) is 12.4 Å². The van der Waals surface area contributed by atoms with E-state index >= 15 is 0 Å². The Labute approximate surface area is 88.3 Å². The van der Waals surface area contributed by atoms with Crippen LogP contribution in [0.15, 0.2) is 24.3 Å². The second kappa shape index (κ2) is 5.47. The van der Waals surface area contributed by atoms with Crippen LogP contribution in [0, 0.1) is 0 Å². The molecule has 0 aliphatic rings. The van der Waals surface area contributed by atoms with E-state index in [4.69, 9.17) is 16.6 Å². The van der Waals surface area contributed by atoms with Crippen LogP contribution in [0.3, 0.4) is 0 Å². The summed E-state index contributed by atoms with van der Waals surface area (Å²) in [6.45, 7) is 0. The summed E-state index contributed by atoms with van der Waals surface area (Å²) in [4.78, 5) is 10.4. The van der Waals surface area contributed by atoms with Crippen LogP contribution < -0.4 is 11.5 Å². The zero-order valence-electron chi connectivity index (χ0n) is 7.51. The molecule has 0 amide bonds. The van der Waals surface area contributed by atoms with Crippen LogP contribution in [-0.2, 0) is 11.2 Å². The highest BCUT2D eigenvalue weighted by molar-refractivity contribution is 5.85. The molecule has 5 N–H and O–H groups in total. The van der Waals surface area contributed by atoms with E-state index in [9.17, 15) is 4.79 Å². The predicted molar refractivity (Wildman–Crippen MR) is 57.4 cm³/mol. The number of aliphatic carboxylic acids is 1. The SMILES string of the molecule is Cl.Nc1ccc(CC(N)C(=O)O)cc1. The second-order valence-electron chi connectivity index (χ2n) is 2.89. The molecule has 5 heteroatoms. The van der Waals surface area contributed by atoms with Gasteiger partial charge in [0.1, 0.15) is 6.04 Å². The number of nitrogens with two attached hydrogens (primary N) is 2. The van der Waals surface area contributed by atoms with Crippen LogP contribution >= 0.6 is 12.4 Å². The van der Waals surface area contributed by atoms with E-state index in [1.807, 2.05) is 0 Å². The fourth-order valence-corrected chi connectivity index (χ4v) is 0.995. The minimum absolute atomic E-state index is 0. The molecule has 1 atom stereocenters. The highest BCUT2D eigenvalue weighted by atomic mass is 35.5. The van der Waals surface area contributed by atoms with Crippen molar-refractivity contribution in [3.8, 4) is 0 Å². The van der Waals surface area contributed by atoms with Gasteiger partial charge in [-0.25, -0.2) is 0 Å². The summed E-state index contributed by atoms with van der Waals surface area (Å²) in [6, 6.07) is 6.16. The Bertz CT molecular complexity index is 300. The third kappa shape index (κ3) is 3.64. The molecule has 0 saturated carbocycles. The molecule has 1 aromatic carbocycles. The number of hydrogen-bond acceptors (Lipinski definition) is 3. The molecular weight excluding hydrogens is 204 g/mol. The van der Waals surface area contributed by atoms with Crippen molar-refractivity contribution in [1.82, 2.24) is 0 Å². The first-order chi connectivity index (χ1) is 6.09. The predicted octanol–water partition coefficient (Wildman–Crippen LogP) is 0.645.